The van der Waals surface area contributed by atoms with Gasteiger partial charge in [-0.2, -0.15) is 0 Å². The van der Waals surface area contributed by atoms with Crippen molar-refractivity contribution in [2.45, 2.75) is 19.0 Å². The molecule has 3 aromatic rings. The molecule has 0 bridgehead atoms. The fourth-order valence-corrected chi connectivity index (χ4v) is 4.12. The van der Waals surface area contributed by atoms with E-state index in [1.54, 1.807) is 12.1 Å². The third-order valence-corrected chi connectivity index (χ3v) is 5.90. The fraction of sp³-hybridized carbons (Fsp3) is 0.182. The minimum absolute atomic E-state index is 0.0143. The van der Waals surface area contributed by atoms with Crippen molar-refractivity contribution in [3.05, 3.63) is 81.4 Å². The highest BCUT2D eigenvalue weighted by Crippen LogP contribution is 2.27. The Labute approximate surface area is 181 Å². The second-order valence-corrected chi connectivity index (χ2v) is 7.84. The molecule has 0 saturated heterocycles. The van der Waals surface area contributed by atoms with E-state index in [1.807, 2.05) is 17.5 Å². The van der Waals surface area contributed by atoms with E-state index < -0.39 is 29.7 Å². The second kappa shape index (κ2) is 8.57. The number of fused-ring (bicyclic) bond motifs is 1. The predicted octanol–water partition coefficient (Wildman–Crippen LogP) is 3.17. The lowest BCUT2D eigenvalue weighted by Gasteiger charge is -2.16. The maximum absolute atomic E-state index is 12.9. The van der Waals surface area contributed by atoms with E-state index >= 15 is 0 Å². The van der Waals surface area contributed by atoms with Crippen LogP contribution in [0.4, 0.5) is 0 Å². The zero-order chi connectivity index (χ0) is 22.0. The Bertz CT molecular complexity index is 1140. The first kappa shape index (κ1) is 20.5. The summed E-state index contributed by atoms with van der Waals surface area (Å²) in [5.41, 5.74) is 0.605. The third-order valence-electron chi connectivity index (χ3n) is 4.92. The number of esters is 1. The normalized spacial score (nSPS) is 13.8. The molecule has 8 nitrogen and oxygen atoms in total. The molecule has 4 rings (SSSR count). The Morgan fingerprint density at radius 2 is 1.94 bits per heavy atom. The molecule has 0 aliphatic carbocycles. The molecule has 158 valence electrons. The first-order valence-corrected chi connectivity index (χ1v) is 10.3. The van der Waals surface area contributed by atoms with Crippen molar-refractivity contribution in [1.29, 1.82) is 0 Å². The number of hydrogen-bond donors (Lipinski definition) is 1. The van der Waals surface area contributed by atoms with E-state index in [4.69, 9.17) is 9.15 Å². The van der Waals surface area contributed by atoms with Crippen LogP contribution in [0.15, 0.2) is 58.5 Å². The number of imide groups is 1. The predicted molar refractivity (Wildman–Crippen MR) is 111 cm³/mol. The number of thiophene rings is 1. The third kappa shape index (κ3) is 4.13. The summed E-state index contributed by atoms with van der Waals surface area (Å²) in [4.78, 5) is 51.9. The van der Waals surface area contributed by atoms with Crippen LogP contribution in [-0.2, 0) is 16.1 Å². The second-order valence-electron chi connectivity index (χ2n) is 6.86. The van der Waals surface area contributed by atoms with E-state index in [-0.39, 0.29) is 29.7 Å². The summed E-state index contributed by atoms with van der Waals surface area (Å²) in [5, 5.41) is 4.66. The Hall–Kier alpha value is -3.72. The molecule has 0 radical (unpaired) electrons. The Morgan fingerprint density at radius 3 is 2.61 bits per heavy atom. The number of rotatable bonds is 7. The van der Waals surface area contributed by atoms with Crippen molar-refractivity contribution in [1.82, 2.24) is 10.2 Å². The number of carbonyl (C=O) groups is 4. The van der Waals surface area contributed by atoms with Crippen molar-refractivity contribution in [2.24, 2.45) is 0 Å². The van der Waals surface area contributed by atoms with Crippen molar-refractivity contribution in [3.63, 3.8) is 0 Å². The molecule has 0 saturated carbocycles. The van der Waals surface area contributed by atoms with Crippen LogP contribution in [0.25, 0.3) is 0 Å². The van der Waals surface area contributed by atoms with Crippen LogP contribution in [0.2, 0.25) is 0 Å². The minimum Gasteiger partial charge on any atom is -0.469 e. The molecule has 1 N–H and O–H groups in total. The van der Waals surface area contributed by atoms with Gasteiger partial charge in [0.2, 0.25) is 0 Å². The highest BCUT2D eigenvalue weighted by molar-refractivity contribution is 7.10. The van der Waals surface area contributed by atoms with Crippen LogP contribution in [-0.4, -0.2) is 35.7 Å². The van der Waals surface area contributed by atoms with Gasteiger partial charge in [-0.1, -0.05) is 6.07 Å². The van der Waals surface area contributed by atoms with E-state index in [0.29, 0.717) is 5.76 Å². The maximum atomic E-state index is 12.9. The lowest BCUT2D eigenvalue weighted by molar-refractivity contribution is -0.141. The van der Waals surface area contributed by atoms with Gasteiger partial charge in [0, 0.05) is 10.4 Å². The average Bonchev–Trinajstić information content (AvgIpc) is 3.53. The SMILES string of the molecule is COC(=O)CC(NC(=O)c1ccc2c(c1)C(=O)N(Cc1ccco1)C2=O)c1cccs1. The van der Waals surface area contributed by atoms with Crippen LogP contribution in [0.1, 0.15) is 54.2 Å². The maximum Gasteiger partial charge on any atom is 0.307 e. The molecule has 2 aromatic heterocycles. The van der Waals surface area contributed by atoms with Gasteiger partial charge in [-0.15, -0.1) is 11.3 Å². The van der Waals surface area contributed by atoms with E-state index in [2.05, 4.69) is 5.32 Å². The van der Waals surface area contributed by atoms with Crippen molar-refractivity contribution in [3.8, 4) is 0 Å². The number of nitrogens with one attached hydrogen (secondary N) is 1. The summed E-state index contributed by atoms with van der Waals surface area (Å²) >= 11 is 1.41. The molecular formula is C22H18N2O6S. The van der Waals surface area contributed by atoms with Gasteiger partial charge in [0.1, 0.15) is 5.76 Å². The van der Waals surface area contributed by atoms with Crippen molar-refractivity contribution >= 4 is 35.0 Å². The van der Waals surface area contributed by atoms with Gasteiger partial charge in [0.15, 0.2) is 0 Å². The first-order valence-electron chi connectivity index (χ1n) is 9.41. The number of ether oxygens (including phenoxy) is 1. The number of nitrogens with zero attached hydrogens (tertiary/aromatic N) is 1. The van der Waals surface area contributed by atoms with E-state index in [1.165, 1.54) is 42.9 Å². The molecular weight excluding hydrogens is 420 g/mol. The van der Waals surface area contributed by atoms with Gasteiger partial charge in [0.05, 0.1) is 43.5 Å². The molecule has 1 aliphatic heterocycles. The van der Waals surface area contributed by atoms with Crippen LogP contribution >= 0.6 is 11.3 Å². The number of amides is 3. The van der Waals surface area contributed by atoms with Crippen LogP contribution in [0.3, 0.4) is 0 Å². The van der Waals surface area contributed by atoms with Crippen LogP contribution in [0, 0.1) is 0 Å². The molecule has 0 fully saturated rings. The van der Waals surface area contributed by atoms with Crippen LogP contribution < -0.4 is 5.32 Å². The smallest absolute Gasteiger partial charge is 0.307 e. The van der Waals surface area contributed by atoms with Gasteiger partial charge < -0.3 is 14.5 Å². The summed E-state index contributed by atoms with van der Waals surface area (Å²) < 4.78 is 9.95. The molecule has 1 aliphatic rings. The number of carbonyl (C=O) groups excluding carboxylic acids is 4. The Morgan fingerprint density at radius 1 is 1.13 bits per heavy atom. The number of furan rings is 1. The summed E-state index contributed by atoms with van der Waals surface area (Å²) in [6, 6.07) is 10.8. The zero-order valence-corrected chi connectivity index (χ0v) is 17.3. The molecule has 31 heavy (non-hydrogen) atoms. The molecule has 3 heterocycles. The molecule has 1 unspecified atom stereocenters. The lowest BCUT2D eigenvalue weighted by Crippen LogP contribution is -2.30. The van der Waals surface area contributed by atoms with Gasteiger partial charge >= 0.3 is 5.97 Å². The first-order chi connectivity index (χ1) is 15.0. The highest BCUT2D eigenvalue weighted by Gasteiger charge is 2.36. The van der Waals surface area contributed by atoms with E-state index in [0.717, 1.165) is 9.78 Å². The quantitative estimate of drug-likeness (QED) is 0.449. The minimum atomic E-state index is -0.569. The molecule has 1 atom stereocenters. The number of methoxy groups -OCH3 is 1. The van der Waals surface area contributed by atoms with Crippen molar-refractivity contribution in [2.75, 3.05) is 7.11 Å². The number of hydrogen-bond acceptors (Lipinski definition) is 7. The summed E-state index contributed by atoms with van der Waals surface area (Å²) in [7, 11) is 1.28. The largest absolute Gasteiger partial charge is 0.469 e. The monoisotopic (exact) mass is 438 g/mol. The summed E-state index contributed by atoms with van der Waals surface area (Å²) in [5.74, 6) is -1.37. The summed E-state index contributed by atoms with van der Waals surface area (Å²) in [6.07, 6.45) is 1.44. The van der Waals surface area contributed by atoms with E-state index in [9.17, 15) is 19.2 Å². The van der Waals surface area contributed by atoms with Gasteiger partial charge in [0.25, 0.3) is 17.7 Å². The van der Waals surface area contributed by atoms with Gasteiger partial charge in [-0.3, -0.25) is 24.1 Å². The Balaban J connectivity index is 1.54. The molecule has 3 amide bonds. The van der Waals surface area contributed by atoms with Gasteiger partial charge in [-0.25, -0.2) is 0 Å². The van der Waals surface area contributed by atoms with Gasteiger partial charge in [-0.05, 0) is 41.8 Å². The lowest BCUT2D eigenvalue weighted by atomic mass is 10.0. The topological polar surface area (TPSA) is 106 Å². The van der Waals surface area contributed by atoms with Crippen molar-refractivity contribution < 1.29 is 28.3 Å². The molecule has 0 spiro atoms. The molecule has 9 heteroatoms. The number of benzene rings is 1. The standard InChI is InChI=1S/C22H18N2O6S/c1-29-19(25)11-17(18-5-3-9-31-18)23-20(26)13-6-7-15-16(10-13)22(28)24(21(15)27)12-14-4-2-8-30-14/h2-10,17H,11-12H2,1H3,(H,23,26). The zero-order valence-electron chi connectivity index (χ0n) is 16.5. The fourth-order valence-electron chi connectivity index (χ4n) is 3.34. The Kier molecular flexibility index (Phi) is 5.68. The summed E-state index contributed by atoms with van der Waals surface area (Å²) in [6.45, 7) is 0.0143. The highest BCUT2D eigenvalue weighted by atomic mass is 32.1. The molecule has 1 aromatic carbocycles. The van der Waals surface area contributed by atoms with Crippen LogP contribution in [0.5, 0.6) is 0 Å². The average molecular weight is 438 g/mol.